The molecule has 0 atom stereocenters. The van der Waals surface area contributed by atoms with Gasteiger partial charge in [-0.15, -0.1) is 0 Å². The molecule has 2 N–H and O–H groups in total. The molecule has 0 spiro atoms. The third-order valence-corrected chi connectivity index (χ3v) is 4.38. The summed E-state index contributed by atoms with van der Waals surface area (Å²) in [6.07, 6.45) is 10.4. The van der Waals surface area contributed by atoms with Gasteiger partial charge >= 0.3 is 5.97 Å². The maximum Gasteiger partial charge on any atom is 0.331 e. The van der Waals surface area contributed by atoms with Crippen molar-refractivity contribution in [2.24, 2.45) is 0 Å². The van der Waals surface area contributed by atoms with Crippen LogP contribution in [0.1, 0.15) is 58.3 Å². The van der Waals surface area contributed by atoms with E-state index in [0.717, 1.165) is 25.3 Å². The van der Waals surface area contributed by atoms with Gasteiger partial charge in [0.2, 0.25) is 0 Å². The monoisotopic (exact) mass is 292 g/mol. The van der Waals surface area contributed by atoms with E-state index < -0.39 is 16.6 Å². The molecule has 0 rings (SSSR count). The summed E-state index contributed by atoms with van der Waals surface area (Å²) in [5.74, 6) is -0.231. The predicted molar refractivity (Wildman–Crippen MR) is 81.5 cm³/mol. The fourth-order valence-electron chi connectivity index (χ4n) is 1.75. The van der Waals surface area contributed by atoms with Crippen molar-refractivity contribution >= 4 is 16.6 Å². The molecule has 0 bridgehead atoms. The molecule has 0 fully saturated rings. The molecule has 0 unspecified atom stereocenters. The second-order valence-corrected chi connectivity index (χ2v) is 6.84. The number of rotatable bonds is 11. The highest BCUT2D eigenvalue weighted by molar-refractivity contribution is 8.26. The van der Waals surface area contributed by atoms with Gasteiger partial charge in [0.25, 0.3) is 0 Å². The van der Waals surface area contributed by atoms with E-state index in [-0.39, 0.29) is 0 Å². The molecule has 0 radical (unpaired) electrons. The Bertz CT molecular complexity index is 264. The highest BCUT2D eigenvalue weighted by atomic mass is 32.3. The zero-order chi connectivity index (χ0) is 14.6. The standard InChI is InChI=1S/C14H28O4S/c1-3-4-5-6-7-8-9-10-12-19(16,17)13-11-14(15)18-2/h11,13,16-17H,3-10,12H2,1-2H3. The summed E-state index contributed by atoms with van der Waals surface area (Å²) in [6.45, 7) is 2.20. The molecule has 0 aromatic carbocycles. The van der Waals surface area contributed by atoms with Crippen LogP contribution < -0.4 is 0 Å². The summed E-state index contributed by atoms with van der Waals surface area (Å²) >= 11 is 0. The van der Waals surface area contributed by atoms with Crippen molar-refractivity contribution in [3.63, 3.8) is 0 Å². The lowest BCUT2D eigenvalue weighted by Gasteiger charge is -2.27. The maximum atomic E-state index is 10.8. The summed E-state index contributed by atoms with van der Waals surface area (Å²) in [4.78, 5) is 10.8. The molecule has 0 aromatic rings. The minimum atomic E-state index is -2.77. The average Bonchev–Trinajstić information content (AvgIpc) is 2.39. The number of esters is 1. The van der Waals surface area contributed by atoms with Crippen LogP contribution in [0.4, 0.5) is 0 Å². The first kappa shape index (κ1) is 18.5. The van der Waals surface area contributed by atoms with Crippen LogP contribution >= 0.6 is 10.6 Å². The van der Waals surface area contributed by atoms with Gasteiger partial charge in [0, 0.05) is 17.2 Å². The zero-order valence-corrected chi connectivity index (χ0v) is 13.0. The Balaban J connectivity index is 3.58. The summed E-state index contributed by atoms with van der Waals surface area (Å²) in [5, 5.41) is 1.17. The number of carbonyl (C=O) groups excluding carboxylic acids is 1. The highest BCUT2D eigenvalue weighted by Crippen LogP contribution is 2.41. The Morgan fingerprint density at radius 3 is 2.11 bits per heavy atom. The lowest BCUT2D eigenvalue weighted by atomic mass is 10.1. The topological polar surface area (TPSA) is 66.8 Å². The number of unbranched alkanes of at least 4 members (excludes halogenated alkanes) is 7. The molecular weight excluding hydrogens is 264 g/mol. The second kappa shape index (κ2) is 11.3. The van der Waals surface area contributed by atoms with Gasteiger partial charge in [-0.1, -0.05) is 51.9 Å². The Hall–Kier alpha value is -0.520. The molecule has 5 heteroatoms. The maximum absolute atomic E-state index is 10.8. The Morgan fingerprint density at radius 1 is 1.05 bits per heavy atom. The normalized spacial score (nSPS) is 12.8. The molecule has 114 valence electrons. The smallest absolute Gasteiger partial charge is 0.331 e. The number of carbonyl (C=O) groups is 1. The first-order valence-corrected chi connectivity index (χ1v) is 8.81. The van der Waals surface area contributed by atoms with Crippen LogP contribution in [0.3, 0.4) is 0 Å². The fourth-order valence-corrected chi connectivity index (χ4v) is 2.84. The van der Waals surface area contributed by atoms with Crippen molar-refractivity contribution in [3.05, 3.63) is 11.5 Å². The van der Waals surface area contributed by atoms with Gasteiger partial charge in [0.05, 0.1) is 7.11 Å². The largest absolute Gasteiger partial charge is 0.466 e. The van der Waals surface area contributed by atoms with E-state index in [1.807, 2.05) is 0 Å². The summed E-state index contributed by atoms with van der Waals surface area (Å²) < 4.78 is 23.8. The average molecular weight is 292 g/mol. The van der Waals surface area contributed by atoms with E-state index in [9.17, 15) is 13.9 Å². The van der Waals surface area contributed by atoms with Crippen LogP contribution in [0.2, 0.25) is 0 Å². The van der Waals surface area contributed by atoms with Crippen LogP contribution in [0.15, 0.2) is 11.5 Å². The number of hydrogen-bond acceptors (Lipinski definition) is 4. The summed E-state index contributed by atoms with van der Waals surface area (Å²) in [5.41, 5.74) is 0. The van der Waals surface area contributed by atoms with E-state index in [4.69, 9.17) is 0 Å². The van der Waals surface area contributed by atoms with Gasteiger partial charge in [-0.3, -0.25) is 9.11 Å². The molecule has 0 amide bonds. The van der Waals surface area contributed by atoms with E-state index in [2.05, 4.69) is 11.7 Å². The molecule has 19 heavy (non-hydrogen) atoms. The van der Waals surface area contributed by atoms with Crippen LogP contribution in [-0.2, 0) is 9.53 Å². The van der Waals surface area contributed by atoms with E-state index in [1.54, 1.807) is 0 Å². The molecule has 0 saturated carbocycles. The SMILES string of the molecule is CCCCCCCCCCS(O)(O)C=CC(=O)OC. The quantitative estimate of drug-likeness (QED) is 0.333. The van der Waals surface area contributed by atoms with E-state index >= 15 is 0 Å². The molecule has 0 aliphatic carbocycles. The van der Waals surface area contributed by atoms with E-state index in [1.165, 1.54) is 44.6 Å². The second-order valence-electron chi connectivity index (χ2n) is 4.72. The van der Waals surface area contributed by atoms with Gasteiger partial charge in [-0.2, -0.15) is 10.6 Å². The third kappa shape index (κ3) is 12.3. The molecule has 0 aliphatic heterocycles. The predicted octanol–water partition coefficient (Wildman–Crippen LogP) is 4.56. The van der Waals surface area contributed by atoms with Crippen molar-refractivity contribution in [2.45, 2.75) is 58.3 Å². The summed E-state index contributed by atoms with van der Waals surface area (Å²) in [6, 6.07) is 0. The van der Waals surface area contributed by atoms with Crippen LogP contribution in [0.5, 0.6) is 0 Å². The van der Waals surface area contributed by atoms with Crippen LogP contribution in [0.25, 0.3) is 0 Å². The third-order valence-electron chi connectivity index (χ3n) is 2.92. The zero-order valence-electron chi connectivity index (χ0n) is 12.1. The lowest BCUT2D eigenvalue weighted by Crippen LogP contribution is -2.02. The van der Waals surface area contributed by atoms with Gasteiger partial charge in [-0.25, -0.2) is 4.79 Å². The fraction of sp³-hybridized carbons (Fsp3) is 0.786. The summed E-state index contributed by atoms with van der Waals surface area (Å²) in [7, 11) is -1.51. The van der Waals surface area contributed by atoms with Crippen molar-refractivity contribution < 1.29 is 18.6 Å². The van der Waals surface area contributed by atoms with Gasteiger partial charge in [-0.05, 0) is 6.42 Å². The first-order chi connectivity index (χ1) is 9.02. The molecule has 0 heterocycles. The number of ether oxygens (including phenoxy) is 1. The first-order valence-electron chi connectivity index (χ1n) is 7.04. The molecule has 0 saturated heterocycles. The minimum absolute atomic E-state index is 0.329. The van der Waals surface area contributed by atoms with Crippen LogP contribution in [-0.4, -0.2) is 27.9 Å². The Kier molecular flexibility index (Phi) is 11.0. The molecular formula is C14H28O4S. The van der Waals surface area contributed by atoms with Gasteiger partial charge in [0.1, 0.15) is 0 Å². The Morgan fingerprint density at radius 2 is 1.58 bits per heavy atom. The van der Waals surface area contributed by atoms with E-state index in [0.29, 0.717) is 5.75 Å². The molecule has 0 aromatic heterocycles. The lowest BCUT2D eigenvalue weighted by molar-refractivity contribution is -0.134. The number of methoxy groups -OCH3 is 1. The van der Waals surface area contributed by atoms with Gasteiger partial charge in [0.15, 0.2) is 0 Å². The number of hydrogen-bond donors (Lipinski definition) is 2. The highest BCUT2D eigenvalue weighted by Gasteiger charge is 2.08. The molecule has 4 nitrogen and oxygen atoms in total. The van der Waals surface area contributed by atoms with Crippen molar-refractivity contribution in [2.75, 3.05) is 12.9 Å². The molecule has 0 aliphatic rings. The van der Waals surface area contributed by atoms with Crippen LogP contribution in [0, 0.1) is 0 Å². The van der Waals surface area contributed by atoms with Gasteiger partial charge < -0.3 is 4.74 Å². The minimum Gasteiger partial charge on any atom is -0.466 e. The Labute approximate surface area is 118 Å². The van der Waals surface area contributed by atoms with Crippen molar-refractivity contribution in [1.82, 2.24) is 0 Å². The van der Waals surface area contributed by atoms with Crippen molar-refractivity contribution in [1.29, 1.82) is 0 Å². The van der Waals surface area contributed by atoms with Crippen molar-refractivity contribution in [3.8, 4) is 0 Å².